The maximum atomic E-state index is 12.7. The van der Waals surface area contributed by atoms with E-state index in [1.807, 2.05) is 11.8 Å². The minimum Gasteiger partial charge on any atom is -0.377 e. The Bertz CT molecular complexity index is 798. The molecular weight excluding hydrogens is 330 g/mol. The maximum absolute atomic E-state index is 12.7. The van der Waals surface area contributed by atoms with E-state index in [2.05, 4.69) is 36.4 Å². The van der Waals surface area contributed by atoms with Crippen LogP contribution in [0.4, 0.5) is 0 Å². The van der Waals surface area contributed by atoms with Gasteiger partial charge in [-0.3, -0.25) is 4.79 Å². The second-order valence-corrected chi connectivity index (χ2v) is 7.81. The zero-order chi connectivity index (χ0) is 17.2. The summed E-state index contributed by atoms with van der Waals surface area (Å²) in [5.74, 6) is 0.204. The SMILES string of the molecule is Cc1cc(-c2ccc(C3=CCOCC3)cc2)sc1C(=O)N1CCCC1. The highest BCUT2D eigenvalue weighted by molar-refractivity contribution is 7.17. The van der Waals surface area contributed by atoms with Gasteiger partial charge in [0.1, 0.15) is 0 Å². The lowest BCUT2D eigenvalue weighted by Gasteiger charge is -2.14. The molecule has 4 rings (SSSR count). The molecule has 0 spiro atoms. The van der Waals surface area contributed by atoms with E-state index in [9.17, 15) is 4.79 Å². The summed E-state index contributed by atoms with van der Waals surface area (Å²) < 4.78 is 5.38. The number of nitrogens with zero attached hydrogens (tertiary/aromatic N) is 1. The number of amides is 1. The van der Waals surface area contributed by atoms with Crippen LogP contribution in [0, 0.1) is 6.92 Å². The molecular formula is C21H23NO2S. The van der Waals surface area contributed by atoms with Crippen LogP contribution in [0.25, 0.3) is 16.0 Å². The minimum atomic E-state index is 0.204. The van der Waals surface area contributed by atoms with Crippen molar-refractivity contribution in [3.05, 3.63) is 52.4 Å². The van der Waals surface area contributed by atoms with Gasteiger partial charge in [0.05, 0.1) is 18.1 Å². The monoisotopic (exact) mass is 353 g/mol. The Kier molecular flexibility index (Phi) is 4.73. The highest BCUT2D eigenvalue weighted by Crippen LogP contribution is 2.33. The summed E-state index contributed by atoms with van der Waals surface area (Å²) in [6, 6.07) is 10.9. The Labute approximate surface area is 152 Å². The second kappa shape index (κ2) is 7.14. The Hall–Kier alpha value is -1.91. The van der Waals surface area contributed by atoms with Crippen LogP contribution >= 0.6 is 11.3 Å². The zero-order valence-corrected chi connectivity index (χ0v) is 15.4. The predicted octanol–water partition coefficient (Wildman–Crippen LogP) is 4.76. The van der Waals surface area contributed by atoms with Gasteiger partial charge >= 0.3 is 0 Å². The summed E-state index contributed by atoms with van der Waals surface area (Å²) in [6.07, 6.45) is 5.41. The number of hydrogen-bond donors (Lipinski definition) is 0. The van der Waals surface area contributed by atoms with Crippen molar-refractivity contribution in [3.8, 4) is 10.4 Å². The Balaban J connectivity index is 1.56. The smallest absolute Gasteiger partial charge is 0.264 e. The highest BCUT2D eigenvalue weighted by atomic mass is 32.1. The van der Waals surface area contributed by atoms with Gasteiger partial charge < -0.3 is 9.64 Å². The first-order chi connectivity index (χ1) is 12.2. The van der Waals surface area contributed by atoms with Gasteiger partial charge in [0.15, 0.2) is 0 Å². The Morgan fingerprint density at radius 3 is 2.52 bits per heavy atom. The molecule has 0 N–H and O–H groups in total. The highest BCUT2D eigenvalue weighted by Gasteiger charge is 2.23. The third kappa shape index (κ3) is 3.42. The lowest BCUT2D eigenvalue weighted by Crippen LogP contribution is -2.27. The van der Waals surface area contributed by atoms with Gasteiger partial charge in [-0.15, -0.1) is 11.3 Å². The Morgan fingerprint density at radius 1 is 1.12 bits per heavy atom. The van der Waals surface area contributed by atoms with Crippen LogP contribution in [-0.4, -0.2) is 37.1 Å². The second-order valence-electron chi connectivity index (χ2n) is 6.75. The van der Waals surface area contributed by atoms with Gasteiger partial charge in [-0.05, 0) is 54.5 Å². The number of benzene rings is 1. The van der Waals surface area contributed by atoms with E-state index >= 15 is 0 Å². The number of hydrogen-bond acceptors (Lipinski definition) is 3. The van der Waals surface area contributed by atoms with Crippen molar-refractivity contribution in [2.45, 2.75) is 26.2 Å². The topological polar surface area (TPSA) is 29.5 Å². The van der Waals surface area contributed by atoms with E-state index in [1.165, 1.54) is 21.6 Å². The molecule has 2 aliphatic rings. The number of carbonyl (C=O) groups is 1. The molecule has 1 fully saturated rings. The number of rotatable bonds is 3. The average molecular weight is 353 g/mol. The van der Waals surface area contributed by atoms with E-state index in [0.717, 1.165) is 49.4 Å². The fraction of sp³-hybridized carbons (Fsp3) is 0.381. The molecule has 0 atom stereocenters. The van der Waals surface area contributed by atoms with Gasteiger partial charge in [0.25, 0.3) is 5.91 Å². The van der Waals surface area contributed by atoms with Crippen LogP contribution in [-0.2, 0) is 4.74 Å². The predicted molar refractivity (Wildman–Crippen MR) is 103 cm³/mol. The molecule has 25 heavy (non-hydrogen) atoms. The molecule has 3 nitrogen and oxygen atoms in total. The molecule has 2 aromatic rings. The molecule has 3 heterocycles. The minimum absolute atomic E-state index is 0.204. The molecule has 0 bridgehead atoms. The number of likely N-dealkylation sites (tertiary alicyclic amines) is 1. The molecule has 130 valence electrons. The number of ether oxygens (including phenoxy) is 1. The molecule has 1 amide bonds. The van der Waals surface area contributed by atoms with E-state index in [1.54, 1.807) is 11.3 Å². The lowest BCUT2D eigenvalue weighted by atomic mass is 10.00. The number of thiophene rings is 1. The van der Waals surface area contributed by atoms with Crippen LogP contribution in [0.1, 0.15) is 40.1 Å². The molecule has 2 aliphatic heterocycles. The summed E-state index contributed by atoms with van der Waals surface area (Å²) in [5, 5.41) is 0. The van der Waals surface area contributed by atoms with E-state index < -0.39 is 0 Å². The van der Waals surface area contributed by atoms with E-state index in [-0.39, 0.29) is 5.91 Å². The molecule has 1 aromatic carbocycles. The third-order valence-electron chi connectivity index (χ3n) is 5.01. The first kappa shape index (κ1) is 16.6. The molecule has 1 aromatic heterocycles. The summed E-state index contributed by atoms with van der Waals surface area (Å²) in [7, 11) is 0. The Morgan fingerprint density at radius 2 is 1.84 bits per heavy atom. The fourth-order valence-corrected chi connectivity index (χ4v) is 4.68. The molecule has 0 radical (unpaired) electrons. The lowest BCUT2D eigenvalue weighted by molar-refractivity contribution is 0.0797. The average Bonchev–Trinajstić information content (AvgIpc) is 3.32. The standard InChI is InChI=1S/C21H23NO2S/c1-15-14-19(25-20(15)21(23)22-10-2-3-11-22)18-6-4-16(5-7-18)17-8-12-24-13-9-17/h4-8,14H,2-3,9-13H2,1H3. The van der Waals surface area contributed by atoms with Crippen molar-refractivity contribution in [2.24, 2.45) is 0 Å². The normalized spacial score (nSPS) is 17.6. The largest absolute Gasteiger partial charge is 0.377 e. The van der Waals surface area contributed by atoms with Crippen molar-refractivity contribution >= 4 is 22.8 Å². The van der Waals surface area contributed by atoms with Crippen molar-refractivity contribution in [1.29, 1.82) is 0 Å². The van der Waals surface area contributed by atoms with Crippen LogP contribution in [0.5, 0.6) is 0 Å². The van der Waals surface area contributed by atoms with Crippen molar-refractivity contribution in [2.75, 3.05) is 26.3 Å². The van der Waals surface area contributed by atoms with E-state index in [4.69, 9.17) is 4.74 Å². The van der Waals surface area contributed by atoms with Crippen molar-refractivity contribution in [3.63, 3.8) is 0 Å². The van der Waals surface area contributed by atoms with Gasteiger partial charge in [0, 0.05) is 18.0 Å². The van der Waals surface area contributed by atoms with Crippen LogP contribution in [0.3, 0.4) is 0 Å². The molecule has 0 unspecified atom stereocenters. The van der Waals surface area contributed by atoms with Gasteiger partial charge in [-0.1, -0.05) is 30.3 Å². The number of aryl methyl sites for hydroxylation is 1. The van der Waals surface area contributed by atoms with Gasteiger partial charge in [-0.25, -0.2) is 0 Å². The molecule has 1 saturated heterocycles. The van der Waals surface area contributed by atoms with Crippen LogP contribution in [0.2, 0.25) is 0 Å². The summed E-state index contributed by atoms with van der Waals surface area (Å²) in [4.78, 5) is 16.7. The van der Waals surface area contributed by atoms with Crippen LogP contribution in [0.15, 0.2) is 36.4 Å². The first-order valence-electron chi connectivity index (χ1n) is 8.99. The maximum Gasteiger partial charge on any atom is 0.264 e. The van der Waals surface area contributed by atoms with Crippen LogP contribution < -0.4 is 0 Å². The third-order valence-corrected chi connectivity index (χ3v) is 6.28. The van der Waals surface area contributed by atoms with Gasteiger partial charge in [-0.2, -0.15) is 0 Å². The zero-order valence-electron chi connectivity index (χ0n) is 14.6. The number of carbonyl (C=O) groups excluding carboxylic acids is 1. The molecule has 4 heteroatoms. The van der Waals surface area contributed by atoms with Crippen molar-refractivity contribution in [1.82, 2.24) is 4.90 Å². The summed E-state index contributed by atoms with van der Waals surface area (Å²) >= 11 is 1.62. The van der Waals surface area contributed by atoms with Gasteiger partial charge in [0.2, 0.25) is 0 Å². The quantitative estimate of drug-likeness (QED) is 0.796. The fourth-order valence-electron chi connectivity index (χ4n) is 3.54. The first-order valence-corrected chi connectivity index (χ1v) is 9.81. The van der Waals surface area contributed by atoms with Crippen molar-refractivity contribution < 1.29 is 9.53 Å². The summed E-state index contributed by atoms with van der Waals surface area (Å²) in [6.45, 7) is 5.37. The van der Waals surface area contributed by atoms with E-state index in [0.29, 0.717) is 6.61 Å². The summed E-state index contributed by atoms with van der Waals surface area (Å²) in [5.41, 5.74) is 4.91. The molecule has 0 aliphatic carbocycles. The molecule has 0 saturated carbocycles.